The molecule has 1 aliphatic heterocycles. The Bertz CT molecular complexity index is 431. The molecule has 0 amide bonds. The first kappa shape index (κ1) is 13.6. The fourth-order valence-electron chi connectivity index (χ4n) is 2.71. The Morgan fingerprint density at radius 3 is 2.44 bits per heavy atom. The average Bonchev–Trinajstić information content (AvgIpc) is 2.30. The van der Waals surface area contributed by atoms with Crippen LogP contribution in [0.1, 0.15) is 32.8 Å². The van der Waals surface area contributed by atoms with Crippen LogP contribution in [0.15, 0.2) is 29.8 Å². The van der Waals surface area contributed by atoms with Crippen LogP contribution in [-0.2, 0) is 0 Å². The van der Waals surface area contributed by atoms with Crippen molar-refractivity contribution in [3.05, 3.63) is 40.4 Å². The van der Waals surface area contributed by atoms with E-state index >= 15 is 0 Å². The van der Waals surface area contributed by atoms with Gasteiger partial charge in [-0.15, -0.1) is 0 Å². The van der Waals surface area contributed by atoms with Crippen LogP contribution in [0.3, 0.4) is 0 Å². The molecule has 0 bridgehead atoms. The molecule has 1 nitrogen and oxygen atoms in total. The minimum Gasteiger partial charge on any atom is -0.299 e. The summed E-state index contributed by atoms with van der Waals surface area (Å²) in [5.74, 6) is 0.745. The van der Waals surface area contributed by atoms with E-state index in [1.54, 1.807) is 0 Å². The number of hydrogen-bond acceptors (Lipinski definition) is 1. The van der Waals surface area contributed by atoms with Crippen LogP contribution in [0.4, 0.5) is 0 Å². The Balaban J connectivity index is 2.12. The van der Waals surface area contributed by atoms with Crippen molar-refractivity contribution in [1.82, 2.24) is 4.90 Å². The van der Waals surface area contributed by atoms with Crippen LogP contribution in [-0.4, -0.2) is 24.5 Å². The summed E-state index contributed by atoms with van der Waals surface area (Å²) in [6.07, 6.45) is 1.15. The number of hydrogen-bond donors (Lipinski definition) is 0. The van der Waals surface area contributed by atoms with Gasteiger partial charge in [-0.25, -0.2) is 0 Å². The van der Waals surface area contributed by atoms with Gasteiger partial charge in [-0.1, -0.05) is 43.2 Å². The van der Waals surface area contributed by atoms with E-state index in [0.717, 1.165) is 23.9 Å². The summed E-state index contributed by atoms with van der Waals surface area (Å²) in [5, 5.41) is 0.814. The summed E-state index contributed by atoms with van der Waals surface area (Å²) in [7, 11) is 0. The van der Waals surface area contributed by atoms with Gasteiger partial charge in [-0.3, -0.25) is 4.90 Å². The normalized spacial score (nSPS) is 17.6. The summed E-state index contributed by atoms with van der Waals surface area (Å²) >= 11 is 5.94. The van der Waals surface area contributed by atoms with Crippen LogP contribution < -0.4 is 0 Å². The molecule has 0 unspecified atom stereocenters. The van der Waals surface area contributed by atoms with Gasteiger partial charge in [-0.2, -0.15) is 0 Å². The zero-order valence-corrected chi connectivity index (χ0v) is 12.3. The highest BCUT2D eigenvalue weighted by Crippen LogP contribution is 2.28. The Labute approximate surface area is 115 Å². The smallest absolute Gasteiger partial charge is 0.0406 e. The first-order valence-electron chi connectivity index (χ1n) is 6.73. The Kier molecular flexibility index (Phi) is 4.47. The second kappa shape index (κ2) is 5.90. The molecule has 1 aliphatic rings. The van der Waals surface area contributed by atoms with Crippen molar-refractivity contribution in [2.24, 2.45) is 5.92 Å². The third-order valence-corrected chi connectivity index (χ3v) is 3.72. The third kappa shape index (κ3) is 3.37. The summed E-state index contributed by atoms with van der Waals surface area (Å²) in [6, 6.07) is 8.24. The molecule has 0 N–H and O–H groups in total. The molecule has 0 radical (unpaired) electrons. The van der Waals surface area contributed by atoms with Gasteiger partial charge < -0.3 is 0 Å². The molecule has 1 heterocycles. The lowest BCUT2D eigenvalue weighted by molar-refractivity contribution is 0.261. The van der Waals surface area contributed by atoms with E-state index in [-0.39, 0.29) is 0 Å². The van der Waals surface area contributed by atoms with Gasteiger partial charge in [0.25, 0.3) is 0 Å². The van der Waals surface area contributed by atoms with E-state index in [0.29, 0.717) is 0 Å². The van der Waals surface area contributed by atoms with Crippen molar-refractivity contribution in [2.75, 3.05) is 19.6 Å². The van der Waals surface area contributed by atoms with Crippen LogP contribution in [0.5, 0.6) is 0 Å². The molecule has 0 fully saturated rings. The van der Waals surface area contributed by atoms with Gasteiger partial charge in [0.05, 0.1) is 0 Å². The van der Waals surface area contributed by atoms with Crippen LogP contribution in [0.2, 0.25) is 5.02 Å². The third-order valence-electron chi connectivity index (χ3n) is 3.47. The highest BCUT2D eigenvalue weighted by atomic mass is 35.5. The standard InChI is InChI=1S/C16H22ClN/c1-12(2)10-18-9-8-16(13(3)11-18)14-4-6-15(17)7-5-14/h4-7,12H,8-11H2,1-3H3. The van der Waals surface area contributed by atoms with E-state index in [1.165, 1.54) is 29.8 Å². The highest BCUT2D eigenvalue weighted by Gasteiger charge is 2.17. The van der Waals surface area contributed by atoms with Gasteiger partial charge in [0.1, 0.15) is 0 Å². The van der Waals surface area contributed by atoms with Crippen molar-refractivity contribution >= 4 is 17.2 Å². The Morgan fingerprint density at radius 2 is 1.89 bits per heavy atom. The number of halogens is 1. The van der Waals surface area contributed by atoms with Crippen molar-refractivity contribution in [3.8, 4) is 0 Å². The number of rotatable bonds is 3. The van der Waals surface area contributed by atoms with Gasteiger partial charge in [0.15, 0.2) is 0 Å². The largest absolute Gasteiger partial charge is 0.299 e. The SMILES string of the molecule is CC1=C(c2ccc(Cl)cc2)CCN(CC(C)C)C1. The molecule has 1 aromatic rings. The average molecular weight is 264 g/mol. The molecule has 18 heavy (non-hydrogen) atoms. The van der Waals surface area contributed by atoms with E-state index in [4.69, 9.17) is 11.6 Å². The number of benzene rings is 1. The lowest BCUT2D eigenvalue weighted by Crippen LogP contribution is -2.33. The van der Waals surface area contributed by atoms with Gasteiger partial charge >= 0.3 is 0 Å². The lowest BCUT2D eigenvalue weighted by atomic mass is 9.94. The maximum atomic E-state index is 5.94. The molecule has 98 valence electrons. The fourth-order valence-corrected chi connectivity index (χ4v) is 2.83. The molecule has 0 aliphatic carbocycles. The zero-order chi connectivity index (χ0) is 13.1. The zero-order valence-electron chi connectivity index (χ0n) is 11.5. The maximum absolute atomic E-state index is 5.94. The van der Waals surface area contributed by atoms with E-state index < -0.39 is 0 Å². The van der Waals surface area contributed by atoms with Crippen molar-refractivity contribution < 1.29 is 0 Å². The minimum absolute atomic E-state index is 0.745. The van der Waals surface area contributed by atoms with Crippen LogP contribution in [0.25, 0.3) is 5.57 Å². The van der Waals surface area contributed by atoms with Crippen molar-refractivity contribution in [1.29, 1.82) is 0 Å². The van der Waals surface area contributed by atoms with Crippen LogP contribution in [0, 0.1) is 5.92 Å². The van der Waals surface area contributed by atoms with E-state index in [9.17, 15) is 0 Å². The van der Waals surface area contributed by atoms with E-state index in [2.05, 4.69) is 37.8 Å². The molecule has 0 spiro atoms. The van der Waals surface area contributed by atoms with Gasteiger partial charge in [0, 0.05) is 24.7 Å². The summed E-state index contributed by atoms with van der Waals surface area (Å²) < 4.78 is 0. The number of nitrogens with zero attached hydrogens (tertiary/aromatic N) is 1. The van der Waals surface area contributed by atoms with E-state index in [1.807, 2.05) is 12.1 Å². The molecular formula is C16H22ClN. The second-order valence-electron chi connectivity index (χ2n) is 5.64. The van der Waals surface area contributed by atoms with Gasteiger partial charge in [-0.05, 0) is 42.5 Å². The summed E-state index contributed by atoms with van der Waals surface area (Å²) in [5.41, 5.74) is 4.34. The predicted octanol–water partition coefficient (Wildman–Crippen LogP) is 4.48. The molecule has 0 saturated heterocycles. The summed E-state index contributed by atoms with van der Waals surface area (Å²) in [6.45, 7) is 10.3. The first-order valence-corrected chi connectivity index (χ1v) is 7.11. The first-order chi connectivity index (χ1) is 8.56. The lowest BCUT2D eigenvalue weighted by Gasteiger charge is -2.31. The molecule has 0 saturated carbocycles. The molecule has 2 heteroatoms. The van der Waals surface area contributed by atoms with Crippen molar-refractivity contribution in [3.63, 3.8) is 0 Å². The fraction of sp³-hybridized carbons (Fsp3) is 0.500. The Hall–Kier alpha value is -0.790. The minimum atomic E-state index is 0.745. The molecule has 1 aromatic carbocycles. The predicted molar refractivity (Wildman–Crippen MR) is 79.9 cm³/mol. The molecule has 0 aromatic heterocycles. The quantitative estimate of drug-likeness (QED) is 0.777. The van der Waals surface area contributed by atoms with Crippen LogP contribution >= 0.6 is 11.6 Å². The molecular weight excluding hydrogens is 242 g/mol. The topological polar surface area (TPSA) is 3.24 Å². The second-order valence-corrected chi connectivity index (χ2v) is 6.08. The summed E-state index contributed by atoms with van der Waals surface area (Å²) in [4.78, 5) is 2.55. The molecule has 2 rings (SSSR count). The highest BCUT2D eigenvalue weighted by molar-refractivity contribution is 6.30. The van der Waals surface area contributed by atoms with Gasteiger partial charge in [0.2, 0.25) is 0 Å². The van der Waals surface area contributed by atoms with Crippen molar-refractivity contribution in [2.45, 2.75) is 27.2 Å². The monoisotopic (exact) mass is 263 g/mol. The Morgan fingerprint density at radius 1 is 1.22 bits per heavy atom. The molecule has 0 atom stereocenters. The maximum Gasteiger partial charge on any atom is 0.0406 e.